The van der Waals surface area contributed by atoms with E-state index in [0.717, 1.165) is 27.6 Å². The number of hydrogen-bond donors (Lipinski definition) is 0. The van der Waals surface area contributed by atoms with Gasteiger partial charge in [0, 0.05) is 17.0 Å². The number of para-hydroxylation sites is 1. The molecule has 0 atom stereocenters. The molecule has 4 heteroatoms. The number of aryl methyl sites for hydroxylation is 1. The van der Waals surface area contributed by atoms with E-state index in [4.69, 9.17) is 0 Å². The van der Waals surface area contributed by atoms with E-state index in [0.29, 0.717) is 5.52 Å². The van der Waals surface area contributed by atoms with Crippen molar-refractivity contribution in [2.45, 2.75) is 6.92 Å². The van der Waals surface area contributed by atoms with Crippen molar-refractivity contribution in [3.05, 3.63) is 54.2 Å². The van der Waals surface area contributed by atoms with Gasteiger partial charge in [-0.25, -0.2) is 9.97 Å². The van der Waals surface area contributed by atoms with Gasteiger partial charge in [-0.05, 0) is 25.1 Å². The van der Waals surface area contributed by atoms with Crippen molar-refractivity contribution < 1.29 is 4.39 Å². The zero-order chi connectivity index (χ0) is 13.0. The van der Waals surface area contributed by atoms with Crippen LogP contribution in [0.2, 0.25) is 0 Å². The van der Waals surface area contributed by atoms with Crippen molar-refractivity contribution in [2.24, 2.45) is 0 Å². The first-order chi connectivity index (χ1) is 9.24. The Kier molecular flexibility index (Phi) is 1.93. The summed E-state index contributed by atoms with van der Waals surface area (Å²) in [4.78, 5) is 8.56. The number of imidazole rings is 1. The van der Waals surface area contributed by atoms with Crippen LogP contribution in [0.4, 0.5) is 4.39 Å². The first kappa shape index (κ1) is 10.4. The number of nitrogens with zero attached hydrogens (tertiary/aromatic N) is 3. The fraction of sp³-hybridized carbons (Fsp3) is 0.0667. The minimum Gasteiger partial charge on any atom is -0.299 e. The highest BCUT2D eigenvalue weighted by Gasteiger charge is 2.11. The molecule has 0 N–H and O–H groups in total. The van der Waals surface area contributed by atoms with E-state index >= 15 is 0 Å². The van der Waals surface area contributed by atoms with Crippen LogP contribution in [-0.4, -0.2) is 14.4 Å². The number of fused-ring (bicyclic) bond motifs is 6. The molecular weight excluding hydrogens is 241 g/mol. The standard InChI is InChI=1S/C15H10FN3/c1-9-8-19-12-5-3-2-4-10(12)14-11(15(19)17-9)6-7-13(16)18-14/h2-8H,1H3. The molecule has 1 aromatic carbocycles. The quantitative estimate of drug-likeness (QED) is 0.354. The van der Waals surface area contributed by atoms with Crippen molar-refractivity contribution in [1.29, 1.82) is 0 Å². The highest BCUT2D eigenvalue weighted by Crippen LogP contribution is 2.27. The zero-order valence-corrected chi connectivity index (χ0v) is 10.3. The molecule has 0 aliphatic heterocycles. The van der Waals surface area contributed by atoms with Crippen LogP contribution in [0.1, 0.15) is 5.69 Å². The summed E-state index contributed by atoms with van der Waals surface area (Å²) in [7, 11) is 0. The second-order valence-corrected chi connectivity index (χ2v) is 4.62. The molecule has 0 spiro atoms. The normalized spacial score (nSPS) is 11.7. The zero-order valence-electron chi connectivity index (χ0n) is 10.3. The number of benzene rings is 1. The Balaban J connectivity index is 2.42. The van der Waals surface area contributed by atoms with Gasteiger partial charge in [0.15, 0.2) is 0 Å². The third-order valence-electron chi connectivity index (χ3n) is 3.35. The summed E-state index contributed by atoms with van der Waals surface area (Å²) in [5, 5.41) is 1.80. The Morgan fingerprint density at radius 1 is 1.00 bits per heavy atom. The molecule has 0 unspecified atom stereocenters. The molecule has 0 saturated heterocycles. The lowest BCUT2D eigenvalue weighted by molar-refractivity contribution is 0.589. The van der Waals surface area contributed by atoms with E-state index in [1.54, 1.807) is 6.07 Å². The number of hydrogen-bond acceptors (Lipinski definition) is 2. The van der Waals surface area contributed by atoms with Gasteiger partial charge in [0.1, 0.15) is 5.65 Å². The molecule has 92 valence electrons. The van der Waals surface area contributed by atoms with Gasteiger partial charge in [-0.3, -0.25) is 4.40 Å². The maximum absolute atomic E-state index is 13.4. The fourth-order valence-electron chi connectivity index (χ4n) is 2.58. The van der Waals surface area contributed by atoms with Crippen LogP contribution in [0, 0.1) is 12.9 Å². The Hall–Kier alpha value is -2.49. The van der Waals surface area contributed by atoms with Gasteiger partial charge in [0.2, 0.25) is 5.95 Å². The first-order valence-electron chi connectivity index (χ1n) is 6.07. The molecule has 19 heavy (non-hydrogen) atoms. The van der Waals surface area contributed by atoms with E-state index in [1.165, 1.54) is 6.07 Å². The van der Waals surface area contributed by atoms with Gasteiger partial charge in [-0.15, -0.1) is 0 Å². The molecule has 0 aliphatic carbocycles. The van der Waals surface area contributed by atoms with Gasteiger partial charge >= 0.3 is 0 Å². The van der Waals surface area contributed by atoms with Crippen molar-refractivity contribution in [2.75, 3.05) is 0 Å². The minimum absolute atomic E-state index is 0.467. The average Bonchev–Trinajstić information content (AvgIpc) is 2.81. The van der Waals surface area contributed by atoms with Crippen LogP contribution in [0.5, 0.6) is 0 Å². The lowest BCUT2D eigenvalue weighted by Crippen LogP contribution is -1.93. The smallest absolute Gasteiger partial charge is 0.213 e. The van der Waals surface area contributed by atoms with Crippen LogP contribution in [-0.2, 0) is 0 Å². The molecular formula is C15H10FN3. The van der Waals surface area contributed by atoms with E-state index in [1.807, 2.05) is 41.8 Å². The van der Waals surface area contributed by atoms with Gasteiger partial charge in [-0.1, -0.05) is 18.2 Å². The summed E-state index contributed by atoms with van der Waals surface area (Å²) in [5.74, 6) is -0.467. The average molecular weight is 251 g/mol. The van der Waals surface area contributed by atoms with Crippen molar-refractivity contribution in [3.63, 3.8) is 0 Å². The highest BCUT2D eigenvalue weighted by atomic mass is 19.1. The Bertz CT molecular complexity index is 940. The molecule has 0 aliphatic rings. The molecule has 3 nitrogen and oxygen atoms in total. The molecule has 0 amide bonds. The molecule has 3 heterocycles. The van der Waals surface area contributed by atoms with E-state index in [9.17, 15) is 4.39 Å². The molecule has 3 aromatic heterocycles. The maximum Gasteiger partial charge on any atom is 0.213 e. The molecule has 0 saturated carbocycles. The molecule has 4 rings (SSSR count). The summed E-state index contributed by atoms with van der Waals surface area (Å²) < 4.78 is 15.5. The summed E-state index contributed by atoms with van der Waals surface area (Å²) in [6.45, 7) is 1.95. The predicted molar refractivity (Wildman–Crippen MR) is 72.7 cm³/mol. The van der Waals surface area contributed by atoms with Gasteiger partial charge < -0.3 is 0 Å². The van der Waals surface area contributed by atoms with Crippen LogP contribution >= 0.6 is 0 Å². The van der Waals surface area contributed by atoms with Crippen LogP contribution in [0.3, 0.4) is 0 Å². The van der Waals surface area contributed by atoms with E-state index in [-0.39, 0.29) is 0 Å². The largest absolute Gasteiger partial charge is 0.299 e. The summed E-state index contributed by atoms with van der Waals surface area (Å²) in [5.41, 5.74) is 3.40. The Labute approximate surface area is 108 Å². The number of rotatable bonds is 0. The predicted octanol–water partition coefficient (Wildman–Crippen LogP) is 3.48. The van der Waals surface area contributed by atoms with E-state index in [2.05, 4.69) is 9.97 Å². The first-order valence-corrected chi connectivity index (χ1v) is 6.07. The number of aromatic nitrogens is 3. The topological polar surface area (TPSA) is 30.2 Å². The number of halogens is 1. The Morgan fingerprint density at radius 2 is 1.84 bits per heavy atom. The second kappa shape index (κ2) is 3.51. The molecule has 0 fully saturated rings. The monoisotopic (exact) mass is 251 g/mol. The summed E-state index contributed by atoms with van der Waals surface area (Å²) in [6.07, 6.45) is 1.99. The highest BCUT2D eigenvalue weighted by molar-refractivity contribution is 6.09. The SMILES string of the molecule is Cc1cn2c3ccccc3c3nc(F)ccc3c2n1. The Morgan fingerprint density at radius 3 is 2.74 bits per heavy atom. The van der Waals surface area contributed by atoms with Gasteiger partial charge in [-0.2, -0.15) is 4.39 Å². The molecule has 4 aromatic rings. The van der Waals surface area contributed by atoms with Crippen molar-refractivity contribution in [3.8, 4) is 0 Å². The lowest BCUT2D eigenvalue weighted by atomic mass is 10.1. The van der Waals surface area contributed by atoms with Gasteiger partial charge in [0.05, 0.1) is 16.7 Å². The third-order valence-corrected chi connectivity index (χ3v) is 3.35. The van der Waals surface area contributed by atoms with Crippen LogP contribution in [0.25, 0.3) is 27.5 Å². The number of pyridine rings is 2. The van der Waals surface area contributed by atoms with Crippen molar-refractivity contribution >= 4 is 27.5 Å². The minimum atomic E-state index is -0.467. The van der Waals surface area contributed by atoms with Crippen molar-refractivity contribution in [1.82, 2.24) is 14.4 Å². The summed E-state index contributed by atoms with van der Waals surface area (Å²) in [6, 6.07) is 11.0. The van der Waals surface area contributed by atoms with Crippen LogP contribution < -0.4 is 0 Å². The van der Waals surface area contributed by atoms with Crippen LogP contribution in [0.15, 0.2) is 42.6 Å². The summed E-state index contributed by atoms with van der Waals surface area (Å²) >= 11 is 0. The fourth-order valence-corrected chi connectivity index (χ4v) is 2.58. The maximum atomic E-state index is 13.4. The lowest BCUT2D eigenvalue weighted by Gasteiger charge is -2.06. The molecule has 0 bridgehead atoms. The third kappa shape index (κ3) is 1.37. The molecule has 0 radical (unpaired) electrons. The van der Waals surface area contributed by atoms with Gasteiger partial charge in [0.25, 0.3) is 0 Å². The second-order valence-electron chi connectivity index (χ2n) is 4.62. The van der Waals surface area contributed by atoms with E-state index < -0.39 is 5.95 Å².